The maximum atomic E-state index is 9.63. The van der Waals surface area contributed by atoms with E-state index in [1.54, 1.807) is 6.07 Å². The summed E-state index contributed by atoms with van der Waals surface area (Å²) in [6, 6.07) is 2.99. The van der Waals surface area contributed by atoms with Crippen molar-refractivity contribution in [2.45, 2.75) is 24.1 Å². The van der Waals surface area contributed by atoms with Gasteiger partial charge in [0, 0.05) is 23.4 Å². The highest BCUT2D eigenvalue weighted by atomic mass is 32.2. The highest BCUT2D eigenvalue weighted by Gasteiger charge is 2.41. The molecule has 1 aliphatic carbocycles. The molecule has 0 bridgehead atoms. The van der Waals surface area contributed by atoms with Crippen LogP contribution >= 0.6 is 11.8 Å². The number of aromatic hydroxyl groups is 3. The predicted molar refractivity (Wildman–Crippen MR) is 68.6 cm³/mol. The average Bonchev–Trinajstić information content (AvgIpc) is 3.10. The van der Waals surface area contributed by atoms with Gasteiger partial charge in [0.05, 0.1) is 0 Å². The Labute approximate surface area is 105 Å². The molecule has 0 amide bonds. The van der Waals surface area contributed by atoms with E-state index < -0.39 is 5.75 Å². The third-order valence-electron chi connectivity index (χ3n) is 3.22. The maximum Gasteiger partial charge on any atom is 0.200 e. The number of thioether (sulfide) groups is 1. The first-order valence-electron chi connectivity index (χ1n) is 5.57. The van der Waals surface area contributed by atoms with Gasteiger partial charge >= 0.3 is 0 Å². The number of phenolic OH excluding ortho intramolecular Hbond substituents is 3. The van der Waals surface area contributed by atoms with E-state index in [0.717, 1.165) is 6.54 Å². The van der Waals surface area contributed by atoms with Gasteiger partial charge in [-0.3, -0.25) is 0 Å². The Balaban J connectivity index is 1.93. The molecule has 1 aromatic rings. The van der Waals surface area contributed by atoms with E-state index >= 15 is 0 Å². The number of hydrogen-bond donors (Lipinski definition) is 4. The SMILES string of the molecule is CSC1(CNCc2ccc(O)c(O)c2O)CC1. The summed E-state index contributed by atoms with van der Waals surface area (Å²) in [6.45, 7) is 1.39. The van der Waals surface area contributed by atoms with Gasteiger partial charge in [-0.1, -0.05) is 6.07 Å². The quantitative estimate of drug-likeness (QED) is 0.604. The van der Waals surface area contributed by atoms with Crippen LogP contribution in [0.4, 0.5) is 0 Å². The minimum absolute atomic E-state index is 0.244. The second kappa shape index (κ2) is 4.66. The number of nitrogens with one attached hydrogen (secondary N) is 1. The topological polar surface area (TPSA) is 72.7 Å². The molecule has 94 valence electrons. The van der Waals surface area contributed by atoms with Crippen LogP contribution in [-0.4, -0.2) is 32.9 Å². The fourth-order valence-electron chi connectivity index (χ4n) is 1.77. The molecule has 17 heavy (non-hydrogen) atoms. The fourth-order valence-corrected chi connectivity index (χ4v) is 2.53. The standard InChI is InChI=1S/C12H17NO3S/c1-17-12(4-5-12)7-13-6-8-2-3-9(14)11(16)10(8)15/h2-3,13-16H,4-7H2,1H3. The molecule has 5 heteroatoms. The van der Waals surface area contributed by atoms with Gasteiger partial charge in [-0.15, -0.1) is 0 Å². The van der Waals surface area contributed by atoms with Gasteiger partial charge in [-0.2, -0.15) is 11.8 Å². The van der Waals surface area contributed by atoms with Crippen LogP contribution in [-0.2, 0) is 6.54 Å². The highest BCUT2D eigenvalue weighted by Crippen LogP contribution is 2.46. The zero-order valence-corrected chi connectivity index (χ0v) is 10.5. The minimum atomic E-state index is -0.449. The van der Waals surface area contributed by atoms with Crippen molar-refractivity contribution in [2.75, 3.05) is 12.8 Å². The second-order valence-electron chi connectivity index (χ2n) is 4.43. The lowest BCUT2D eigenvalue weighted by atomic mass is 10.1. The van der Waals surface area contributed by atoms with Gasteiger partial charge in [0.25, 0.3) is 0 Å². The lowest BCUT2D eigenvalue weighted by molar-refractivity contribution is 0.364. The van der Waals surface area contributed by atoms with E-state index in [2.05, 4.69) is 11.6 Å². The van der Waals surface area contributed by atoms with Crippen molar-refractivity contribution in [3.63, 3.8) is 0 Å². The van der Waals surface area contributed by atoms with Gasteiger partial charge < -0.3 is 20.6 Å². The first kappa shape index (κ1) is 12.4. The second-order valence-corrected chi connectivity index (χ2v) is 5.71. The summed E-state index contributed by atoms with van der Waals surface area (Å²) < 4.78 is 0.370. The summed E-state index contributed by atoms with van der Waals surface area (Å²) in [5, 5.41) is 31.5. The molecule has 0 atom stereocenters. The lowest BCUT2D eigenvalue weighted by Crippen LogP contribution is -2.25. The van der Waals surface area contributed by atoms with Crippen LogP contribution in [0.3, 0.4) is 0 Å². The maximum absolute atomic E-state index is 9.63. The number of rotatable bonds is 5. The van der Waals surface area contributed by atoms with Crippen molar-refractivity contribution < 1.29 is 15.3 Å². The molecule has 0 saturated heterocycles. The molecule has 4 N–H and O–H groups in total. The summed E-state index contributed by atoms with van der Waals surface area (Å²) in [5.74, 6) is -0.990. The third kappa shape index (κ3) is 2.61. The van der Waals surface area contributed by atoms with Gasteiger partial charge in [0.1, 0.15) is 0 Å². The Morgan fingerprint density at radius 2 is 1.94 bits per heavy atom. The highest BCUT2D eigenvalue weighted by molar-refractivity contribution is 8.00. The number of hydrogen-bond acceptors (Lipinski definition) is 5. The van der Waals surface area contributed by atoms with Crippen LogP contribution in [0, 0.1) is 0 Å². The van der Waals surface area contributed by atoms with Crippen molar-refractivity contribution in [2.24, 2.45) is 0 Å². The van der Waals surface area contributed by atoms with Crippen molar-refractivity contribution in [3.8, 4) is 17.2 Å². The molecule has 1 saturated carbocycles. The molecule has 1 aromatic carbocycles. The summed E-state index contributed by atoms with van der Waals surface area (Å²) in [7, 11) is 0. The van der Waals surface area contributed by atoms with E-state index in [1.807, 2.05) is 11.8 Å². The van der Waals surface area contributed by atoms with Gasteiger partial charge in [-0.05, 0) is 25.2 Å². The zero-order valence-electron chi connectivity index (χ0n) is 9.73. The third-order valence-corrected chi connectivity index (χ3v) is 4.64. The first-order valence-corrected chi connectivity index (χ1v) is 6.79. The van der Waals surface area contributed by atoms with Gasteiger partial charge in [-0.25, -0.2) is 0 Å². The van der Waals surface area contributed by atoms with Crippen LogP contribution in [0.5, 0.6) is 17.2 Å². The Bertz CT molecular complexity index is 418. The van der Waals surface area contributed by atoms with E-state index in [0.29, 0.717) is 16.9 Å². The van der Waals surface area contributed by atoms with E-state index in [4.69, 9.17) is 0 Å². The molecule has 1 aliphatic rings. The smallest absolute Gasteiger partial charge is 0.200 e. The molecular weight excluding hydrogens is 238 g/mol. The molecule has 0 unspecified atom stereocenters. The largest absolute Gasteiger partial charge is 0.504 e. The molecule has 0 aromatic heterocycles. The molecule has 1 fully saturated rings. The Kier molecular flexibility index (Phi) is 3.40. The predicted octanol–water partition coefficient (Wildman–Crippen LogP) is 1.79. The molecule has 2 rings (SSSR count). The minimum Gasteiger partial charge on any atom is -0.504 e. The molecule has 0 heterocycles. The molecule has 0 aliphatic heterocycles. The first-order chi connectivity index (χ1) is 8.08. The van der Waals surface area contributed by atoms with Crippen molar-refractivity contribution in [3.05, 3.63) is 17.7 Å². The van der Waals surface area contributed by atoms with Crippen LogP contribution in [0.2, 0.25) is 0 Å². The normalized spacial score (nSPS) is 17.0. The van der Waals surface area contributed by atoms with Crippen LogP contribution in [0.25, 0.3) is 0 Å². The Morgan fingerprint density at radius 1 is 1.24 bits per heavy atom. The number of benzene rings is 1. The summed E-state index contributed by atoms with van der Waals surface area (Å²) in [5.41, 5.74) is 0.595. The zero-order chi connectivity index (χ0) is 12.5. The molecule has 4 nitrogen and oxygen atoms in total. The van der Waals surface area contributed by atoms with Crippen molar-refractivity contribution in [1.29, 1.82) is 0 Å². The monoisotopic (exact) mass is 255 g/mol. The van der Waals surface area contributed by atoms with Gasteiger partial charge in [0.2, 0.25) is 5.75 Å². The van der Waals surface area contributed by atoms with E-state index in [1.165, 1.54) is 18.9 Å². The lowest BCUT2D eigenvalue weighted by Gasteiger charge is -2.14. The van der Waals surface area contributed by atoms with Crippen LogP contribution in [0.15, 0.2) is 12.1 Å². The summed E-state index contributed by atoms with van der Waals surface area (Å²) in [4.78, 5) is 0. The van der Waals surface area contributed by atoms with Crippen molar-refractivity contribution >= 4 is 11.8 Å². The summed E-state index contributed by atoms with van der Waals surface area (Å²) in [6.07, 6.45) is 4.57. The molecular formula is C12H17NO3S. The van der Waals surface area contributed by atoms with Crippen molar-refractivity contribution in [1.82, 2.24) is 5.32 Å². The van der Waals surface area contributed by atoms with E-state index in [9.17, 15) is 15.3 Å². The Hall–Kier alpha value is -1.07. The summed E-state index contributed by atoms with van der Waals surface area (Å²) >= 11 is 1.87. The van der Waals surface area contributed by atoms with E-state index in [-0.39, 0.29) is 11.5 Å². The Morgan fingerprint density at radius 3 is 2.53 bits per heavy atom. The number of phenols is 3. The molecule has 0 spiro atoms. The van der Waals surface area contributed by atoms with Crippen LogP contribution < -0.4 is 5.32 Å². The van der Waals surface area contributed by atoms with Gasteiger partial charge in [0.15, 0.2) is 11.5 Å². The fraction of sp³-hybridized carbons (Fsp3) is 0.500. The van der Waals surface area contributed by atoms with Crippen LogP contribution in [0.1, 0.15) is 18.4 Å². The average molecular weight is 255 g/mol. The molecule has 0 radical (unpaired) electrons.